The number of benzene rings is 12. The second kappa shape index (κ2) is 16.7. The van der Waals surface area contributed by atoms with E-state index in [4.69, 9.17) is 8.83 Å². The van der Waals surface area contributed by atoms with Crippen LogP contribution in [0, 0.1) is 0 Å². The lowest BCUT2D eigenvalue weighted by molar-refractivity contribution is 0.651. The second-order valence-corrected chi connectivity index (χ2v) is 24.7. The van der Waals surface area contributed by atoms with Crippen molar-refractivity contribution < 1.29 is 8.83 Å². The number of nitrogens with zero attached hydrogens (tertiary/aromatic N) is 1. The quantitative estimate of drug-likeness (QED) is 0.166. The molecule has 82 heavy (non-hydrogen) atoms. The van der Waals surface area contributed by atoms with Crippen LogP contribution >= 0.6 is 0 Å². The van der Waals surface area contributed by atoms with Gasteiger partial charge in [0, 0.05) is 65.9 Å². The van der Waals surface area contributed by atoms with E-state index in [1.54, 1.807) is 0 Å². The topological polar surface area (TPSA) is 29.5 Å². The van der Waals surface area contributed by atoms with Crippen molar-refractivity contribution in [3.8, 4) is 66.8 Å². The summed E-state index contributed by atoms with van der Waals surface area (Å²) in [5.41, 5.74) is 28.8. The Labute approximate surface area is 477 Å². The zero-order valence-corrected chi connectivity index (χ0v) is 46.8. The van der Waals surface area contributed by atoms with Gasteiger partial charge in [0.25, 0.3) is 0 Å². The summed E-state index contributed by atoms with van der Waals surface area (Å²) in [6.07, 6.45) is 0. The van der Waals surface area contributed by atoms with Crippen LogP contribution in [0.5, 0.6) is 0 Å². The maximum Gasteiger partial charge on any atom is 0.143 e. The minimum Gasteiger partial charge on any atom is -0.456 e. The number of hydrogen-bond acceptors (Lipinski definition) is 3. The largest absolute Gasteiger partial charge is 0.456 e. The Kier molecular flexibility index (Phi) is 9.60. The van der Waals surface area contributed by atoms with Crippen LogP contribution in [0.15, 0.2) is 245 Å². The monoisotopic (exact) mass is 1050 g/mol. The summed E-state index contributed by atoms with van der Waals surface area (Å²) >= 11 is 0. The first-order valence-electron chi connectivity index (χ1n) is 28.9. The molecule has 0 atom stereocenters. The summed E-state index contributed by atoms with van der Waals surface area (Å²) in [5.74, 6) is 0. The van der Waals surface area contributed by atoms with Crippen LogP contribution in [0.25, 0.3) is 121 Å². The van der Waals surface area contributed by atoms with Crippen molar-refractivity contribution in [1.29, 1.82) is 0 Å². The van der Waals surface area contributed by atoms with Crippen LogP contribution in [0.1, 0.15) is 74.9 Å². The first-order valence-corrected chi connectivity index (χ1v) is 28.9. The third kappa shape index (κ3) is 6.42. The molecule has 3 nitrogen and oxygen atoms in total. The van der Waals surface area contributed by atoms with Crippen molar-refractivity contribution in [3.05, 3.63) is 270 Å². The van der Waals surface area contributed by atoms with Gasteiger partial charge in [-0.2, -0.15) is 0 Å². The summed E-state index contributed by atoms with van der Waals surface area (Å²) in [7, 11) is 0. The van der Waals surface area contributed by atoms with Crippen LogP contribution in [0.3, 0.4) is 0 Å². The van der Waals surface area contributed by atoms with Gasteiger partial charge in [0.2, 0.25) is 0 Å². The lowest BCUT2D eigenvalue weighted by Gasteiger charge is -2.33. The van der Waals surface area contributed by atoms with Crippen LogP contribution in [-0.2, 0) is 16.2 Å². The number of para-hydroxylation sites is 3. The second-order valence-electron chi connectivity index (χ2n) is 24.7. The van der Waals surface area contributed by atoms with E-state index in [-0.39, 0.29) is 16.2 Å². The first kappa shape index (κ1) is 47.1. The molecule has 390 valence electrons. The molecule has 3 aliphatic rings. The molecule has 0 aliphatic heterocycles. The highest BCUT2D eigenvalue weighted by atomic mass is 16.3. The fourth-order valence-electron chi connectivity index (χ4n) is 15.1. The van der Waals surface area contributed by atoms with Gasteiger partial charge in [0.15, 0.2) is 0 Å². The summed E-state index contributed by atoms with van der Waals surface area (Å²) in [6.45, 7) is 14.5. The van der Waals surface area contributed by atoms with Gasteiger partial charge < -0.3 is 13.7 Å². The van der Waals surface area contributed by atoms with Gasteiger partial charge in [-0.25, -0.2) is 0 Å². The van der Waals surface area contributed by atoms with Gasteiger partial charge in [-0.15, -0.1) is 0 Å². The maximum absolute atomic E-state index is 6.99. The maximum atomic E-state index is 6.99. The van der Waals surface area contributed by atoms with E-state index in [1.165, 1.54) is 93.7 Å². The number of fused-ring (bicyclic) bond motifs is 18. The van der Waals surface area contributed by atoms with Gasteiger partial charge in [0.05, 0.1) is 5.69 Å². The lowest BCUT2D eigenvalue weighted by atomic mass is 9.79. The molecule has 0 saturated carbocycles. The van der Waals surface area contributed by atoms with Crippen molar-refractivity contribution in [1.82, 2.24) is 0 Å². The zero-order valence-electron chi connectivity index (χ0n) is 46.8. The molecule has 3 heteroatoms. The van der Waals surface area contributed by atoms with E-state index in [0.717, 1.165) is 78.2 Å². The molecule has 2 aromatic heterocycles. The number of rotatable bonds is 6. The van der Waals surface area contributed by atoms with E-state index >= 15 is 0 Å². The van der Waals surface area contributed by atoms with E-state index in [1.807, 2.05) is 0 Å². The minimum absolute atomic E-state index is 0.208. The average molecular weight is 1050 g/mol. The van der Waals surface area contributed by atoms with Gasteiger partial charge in [0.1, 0.15) is 22.3 Å². The molecule has 0 radical (unpaired) electrons. The molecule has 2 heterocycles. The SMILES string of the molecule is CC1(C)c2cc(N(c3ccc4c(c3)C(C)(C)c3cc(-c5ccc6ccccc6c5)c5oc6ccccc6c5c3-4)c3c(-c4ccccc4)cccc3-c3ccccc3)ccc2-c2cc3c(cc21)-c1c(ccc2oc4ccccc4c12)C3(C)C. The Morgan fingerprint density at radius 1 is 0.293 bits per heavy atom. The molecule has 0 spiro atoms. The van der Waals surface area contributed by atoms with Crippen LogP contribution < -0.4 is 4.90 Å². The summed E-state index contributed by atoms with van der Waals surface area (Å²) < 4.78 is 13.5. The highest BCUT2D eigenvalue weighted by Gasteiger charge is 2.44. The zero-order chi connectivity index (χ0) is 55.0. The molecule has 0 amide bonds. The molecule has 0 fully saturated rings. The smallest absolute Gasteiger partial charge is 0.143 e. The third-order valence-corrected chi connectivity index (χ3v) is 19.2. The molecule has 17 rings (SSSR count). The first-order chi connectivity index (χ1) is 39.9. The highest BCUT2D eigenvalue weighted by molar-refractivity contribution is 6.19. The normalized spacial score (nSPS) is 14.8. The van der Waals surface area contributed by atoms with Gasteiger partial charge in [-0.05, 0) is 161 Å². The number of hydrogen-bond donors (Lipinski definition) is 0. The van der Waals surface area contributed by atoms with Gasteiger partial charge >= 0.3 is 0 Å². The summed E-state index contributed by atoms with van der Waals surface area (Å²) in [5, 5.41) is 7.13. The fourth-order valence-corrected chi connectivity index (χ4v) is 15.1. The van der Waals surface area contributed by atoms with Crippen LogP contribution in [0.4, 0.5) is 17.1 Å². The standard InChI is InChI=1S/C79H57NO2/c1-77(2)62-38-39-70-73(57-26-15-17-30-68(57)81-70)72(62)61-45-65-60(44-66(61)77)55-36-34-51(41-63(55)78(65,3)4)80(75-53(47-21-9-7-10-22-47)28-19-29-54(75)48-23-11-8-12-24-48)52-35-37-56-64(42-52)79(5,6)67-43-59(50-33-32-46-20-13-14-25-49(46)40-50)76-74(71(56)67)58-27-16-18-31-69(58)82-76/h7-45H,1-6H3. The highest BCUT2D eigenvalue weighted by Crippen LogP contribution is 2.61. The molecular weight excluding hydrogens is 995 g/mol. The molecule has 12 aromatic carbocycles. The Hall–Kier alpha value is -9.70. The Balaban J connectivity index is 0.888. The third-order valence-electron chi connectivity index (χ3n) is 19.2. The predicted molar refractivity (Wildman–Crippen MR) is 342 cm³/mol. The van der Waals surface area contributed by atoms with Crippen molar-refractivity contribution in [2.24, 2.45) is 0 Å². The number of furan rings is 2. The van der Waals surface area contributed by atoms with Gasteiger partial charge in [-0.3, -0.25) is 0 Å². The van der Waals surface area contributed by atoms with Crippen LogP contribution in [0.2, 0.25) is 0 Å². The molecule has 3 aliphatic carbocycles. The molecule has 0 saturated heterocycles. The molecule has 0 N–H and O–H groups in total. The Morgan fingerprint density at radius 3 is 1.52 bits per heavy atom. The average Bonchev–Trinajstić information content (AvgIpc) is 2.21. The lowest BCUT2D eigenvalue weighted by Crippen LogP contribution is -2.19. The number of anilines is 3. The van der Waals surface area contributed by atoms with E-state index in [2.05, 4.69) is 283 Å². The summed E-state index contributed by atoms with van der Waals surface area (Å²) in [6, 6.07) is 87.9. The molecule has 14 aromatic rings. The molecule has 0 unspecified atom stereocenters. The van der Waals surface area contributed by atoms with Crippen molar-refractivity contribution in [2.75, 3.05) is 4.90 Å². The fraction of sp³-hybridized carbons (Fsp3) is 0.114. The Morgan fingerprint density at radius 2 is 0.817 bits per heavy atom. The van der Waals surface area contributed by atoms with Crippen molar-refractivity contribution in [2.45, 2.75) is 57.8 Å². The Bertz CT molecular complexity index is 5010. The van der Waals surface area contributed by atoms with Crippen molar-refractivity contribution in [3.63, 3.8) is 0 Å². The van der Waals surface area contributed by atoms with Gasteiger partial charge in [-0.1, -0.05) is 211 Å². The molecular formula is C79H57NO2. The van der Waals surface area contributed by atoms with E-state index < -0.39 is 0 Å². The van der Waals surface area contributed by atoms with Crippen LogP contribution in [-0.4, -0.2) is 0 Å². The predicted octanol–water partition coefficient (Wildman–Crippen LogP) is 22.0. The minimum atomic E-state index is -0.381. The summed E-state index contributed by atoms with van der Waals surface area (Å²) in [4.78, 5) is 2.58. The van der Waals surface area contributed by atoms with E-state index in [9.17, 15) is 0 Å². The van der Waals surface area contributed by atoms with Crippen molar-refractivity contribution >= 4 is 71.7 Å². The molecule has 0 bridgehead atoms. The van der Waals surface area contributed by atoms with E-state index in [0.29, 0.717) is 0 Å².